The molecule has 0 saturated heterocycles. The maximum absolute atomic E-state index is 12.1. The van der Waals surface area contributed by atoms with E-state index in [1.165, 1.54) is 11.1 Å². The van der Waals surface area contributed by atoms with Crippen molar-refractivity contribution in [3.8, 4) is 22.5 Å². The van der Waals surface area contributed by atoms with Gasteiger partial charge in [-0.05, 0) is 29.7 Å². The summed E-state index contributed by atoms with van der Waals surface area (Å²) in [4.78, 5) is 24.2. The summed E-state index contributed by atoms with van der Waals surface area (Å²) in [5.74, 6) is 0. The average molecular weight is 457 g/mol. The molecule has 6 nitrogen and oxygen atoms in total. The third-order valence-corrected chi connectivity index (χ3v) is 6.26. The number of aromatic nitrogens is 4. The monoisotopic (exact) mass is 456 g/mol. The van der Waals surface area contributed by atoms with Crippen LogP contribution in [0.25, 0.3) is 44.1 Å². The number of rotatable bonds is 4. The van der Waals surface area contributed by atoms with Gasteiger partial charge in [0.15, 0.2) is 0 Å². The van der Waals surface area contributed by atoms with Crippen LogP contribution in [0.5, 0.6) is 0 Å². The zero-order chi connectivity index (χ0) is 23.8. The van der Waals surface area contributed by atoms with Crippen molar-refractivity contribution >= 4 is 21.5 Å². The Morgan fingerprint density at radius 3 is 1.26 bits per heavy atom. The number of hydrogen-bond donors (Lipinski definition) is 2. The second-order valence-electron chi connectivity index (χ2n) is 8.46. The Labute approximate surface area is 199 Å². The van der Waals surface area contributed by atoms with E-state index < -0.39 is 0 Å². The summed E-state index contributed by atoms with van der Waals surface area (Å²) < 4.78 is 0. The maximum atomic E-state index is 12.1. The van der Waals surface area contributed by atoms with Gasteiger partial charge in [-0.15, -0.1) is 0 Å². The maximum Gasteiger partial charge on any atom is 0.272 e. The van der Waals surface area contributed by atoms with Gasteiger partial charge in [0, 0.05) is 21.9 Å². The molecule has 2 N–H and O–H groups in total. The van der Waals surface area contributed by atoms with Crippen molar-refractivity contribution in [1.29, 1.82) is 0 Å². The van der Waals surface area contributed by atoms with Gasteiger partial charge in [0.1, 0.15) is 0 Å². The SMILES string of the molecule is O=c1[nH]nc(-c2ccc(Cc3ccc(-c4n[nH]c(=O)c5ccccc45)cc3)cc2)c2ccccc12. The van der Waals surface area contributed by atoms with Gasteiger partial charge in [0.2, 0.25) is 0 Å². The van der Waals surface area contributed by atoms with Crippen LogP contribution in [0.4, 0.5) is 0 Å². The Bertz CT molecular complexity index is 1670. The lowest BCUT2D eigenvalue weighted by Crippen LogP contribution is -2.09. The molecule has 0 spiro atoms. The Morgan fingerprint density at radius 2 is 0.857 bits per heavy atom. The number of aromatic amines is 2. The van der Waals surface area contributed by atoms with Crippen molar-refractivity contribution in [2.75, 3.05) is 0 Å². The highest BCUT2D eigenvalue weighted by Crippen LogP contribution is 2.27. The molecule has 168 valence electrons. The summed E-state index contributed by atoms with van der Waals surface area (Å²) in [6, 6.07) is 31.5. The first-order valence-corrected chi connectivity index (χ1v) is 11.3. The highest BCUT2D eigenvalue weighted by Gasteiger charge is 2.10. The van der Waals surface area contributed by atoms with E-state index in [2.05, 4.69) is 44.7 Å². The summed E-state index contributed by atoms with van der Waals surface area (Å²) in [5.41, 5.74) is 5.39. The first kappa shape index (κ1) is 20.7. The van der Waals surface area contributed by atoms with Crippen molar-refractivity contribution < 1.29 is 0 Å². The van der Waals surface area contributed by atoms with Crippen molar-refractivity contribution in [3.63, 3.8) is 0 Å². The van der Waals surface area contributed by atoms with Crippen LogP contribution in [-0.4, -0.2) is 20.4 Å². The second kappa shape index (κ2) is 8.50. The molecule has 0 aliphatic heterocycles. The predicted octanol–water partition coefficient (Wildman–Crippen LogP) is 5.08. The van der Waals surface area contributed by atoms with E-state index in [1.807, 2.05) is 72.8 Å². The number of nitrogens with one attached hydrogen (secondary N) is 2. The van der Waals surface area contributed by atoms with Crippen LogP contribution in [0.15, 0.2) is 107 Å². The quantitative estimate of drug-likeness (QED) is 0.387. The largest absolute Gasteiger partial charge is 0.272 e. The Kier molecular flexibility index (Phi) is 5.04. The molecular weight excluding hydrogens is 436 g/mol. The molecule has 0 atom stereocenters. The minimum atomic E-state index is -0.186. The molecule has 2 heterocycles. The number of benzene rings is 4. The molecule has 6 aromatic rings. The Balaban J connectivity index is 1.26. The van der Waals surface area contributed by atoms with E-state index in [4.69, 9.17) is 0 Å². The molecule has 0 aliphatic carbocycles. The van der Waals surface area contributed by atoms with E-state index in [1.54, 1.807) is 0 Å². The summed E-state index contributed by atoms with van der Waals surface area (Å²) in [7, 11) is 0. The lowest BCUT2D eigenvalue weighted by Gasteiger charge is -2.08. The lowest BCUT2D eigenvalue weighted by atomic mass is 9.99. The van der Waals surface area contributed by atoms with Gasteiger partial charge in [-0.1, -0.05) is 84.9 Å². The molecule has 0 amide bonds. The molecule has 0 aliphatic rings. The third kappa shape index (κ3) is 3.81. The highest BCUT2D eigenvalue weighted by atomic mass is 16.1. The summed E-state index contributed by atoms with van der Waals surface area (Å²) >= 11 is 0. The minimum Gasteiger partial charge on any atom is -0.267 e. The van der Waals surface area contributed by atoms with E-state index in [0.717, 1.165) is 39.7 Å². The molecular formula is C29H20N4O2. The van der Waals surface area contributed by atoms with Crippen LogP contribution in [0.2, 0.25) is 0 Å². The predicted molar refractivity (Wildman–Crippen MR) is 138 cm³/mol. The number of hydrogen-bond acceptors (Lipinski definition) is 4. The first-order chi connectivity index (χ1) is 17.2. The van der Waals surface area contributed by atoms with Crippen molar-refractivity contribution in [3.05, 3.63) is 129 Å². The molecule has 0 radical (unpaired) electrons. The van der Waals surface area contributed by atoms with Gasteiger partial charge in [-0.25, -0.2) is 10.2 Å². The normalized spacial score (nSPS) is 11.2. The van der Waals surface area contributed by atoms with Crippen LogP contribution >= 0.6 is 0 Å². The lowest BCUT2D eigenvalue weighted by molar-refractivity contribution is 1.02. The number of H-pyrrole nitrogens is 2. The number of fused-ring (bicyclic) bond motifs is 2. The van der Waals surface area contributed by atoms with Gasteiger partial charge in [0.05, 0.1) is 22.2 Å². The molecule has 35 heavy (non-hydrogen) atoms. The van der Waals surface area contributed by atoms with Crippen molar-refractivity contribution in [2.45, 2.75) is 6.42 Å². The fourth-order valence-electron chi connectivity index (χ4n) is 4.47. The zero-order valence-electron chi connectivity index (χ0n) is 18.7. The highest BCUT2D eigenvalue weighted by molar-refractivity contribution is 5.94. The molecule has 6 heteroatoms. The van der Waals surface area contributed by atoms with Gasteiger partial charge in [0.25, 0.3) is 11.1 Å². The van der Waals surface area contributed by atoms with Crippen molar-refractivity contribution in [2.24, 2.45) is 0 Å². The zero-order valence-corrected chi connectivity index (χ0v) is 18.7. The van der Waals surface area contributed by atoms with Crippen LogP contribution in [0.3, 0.4) is 0 Å². The van der Waals surface area contributed by atoms with Crippen LogP contribution in [-0.2, 0) is 6.42 Å². The van der Waals surface area contributed by atoms with E-state index in [9.17, 15) is 9.59 Å². The van der Waals surface area contributed by atoms with Gasteiger partial charge >= 0.3 is 0 Å². The average Bonchev–Trinajstić information content (AvgIpc) is 2.91. The molecule has 6 rings (SSSR count). The Hall–Kier alpha value is -4.84. The Morgan fingerprint density at radius 1 is 0.486 bits per heavy atom. The smallest absolute Gasteiger partial charge is 0.267 e. The van der Waals surface area contributed by atoms with Crippen LogP contribution in [0, 0.1) is 0 Å². The summed E-state index contributed by atoms with van der Waals surface area (Å²) in [5, 5.41) is 16.7. The van der Waals surface area contributed by atoms with E-state index in [0.29, 0.717) is 10.8 Å². The summed E-state index contributed by atoms with van der Waals surface area (Å²) in [6.45, 7) is 0. The second-order valence-corrected chi connectivity index (χ2v) is 8.46. The molecule has 2 aromatic heterocycles. The standard InChI is InChI=1S/C29H20N4O2/c34-28-24-7-3-1-5-22(24)26(30-32-28)20-13-9-18(10-14-20)17-19-11-15-21(16-12-19)27-23-6-2-4-8-25(23)29(35)33-31-27/h1-16H,17H2,(H,32,34)(H,33,35). The number of nitrogens with zero attached hydrogens (tertiary/aromatic N) is 2. The van der Waals surface area contributed by atoms with Crippen LogP contribution < -0.4 is 11.1 Å². The van der Waals surface area contributed by atoms with Gasteiger partial charge < -0.3 is 0 Å². The molecule has 4 aromatic carbocycles. The molecule has 0 fully saturated rings. The van der Waals surface area contributed by atoms with Crippen molar-refractivity contribution in [1.82, 2.24) is 20.4 Å². The summed E-state index contributed by atoms with van der Waals surface area (Å²) in [6.07, 6.45) is 0.778. The van der Waals surface area contributed by atoms with E-state index in [-0.39, 0.29) is 11.1 Å². The molecule has 0 saturated carbocycles. The molecule has 0 unspecified atom stereocenters. The fraction of sp³-hybridized carbons (Fsp3) is 0.0345. The topological polar surface area (TPSA) is 91.5 Å². The first-order valence-electron chi connectivity index (χ1n) is 11.3. The van der Waals surface area contributed by atoms with Gasteiger partial charge in [-0.3, -0.25) is 9.59 Å². The third-order valence-electron chi connectivity index (χ3n) is 6.26. The molecule has 0 bridgehead atoms. The fourth-order valence-corrected chi connectivity index (χ4v) is 4.47. The van der Waals surface area contributed by atoms with Gasteiger partial charge in [-0.2, -0.15) is 10.2 Å². The van der Waals surface area contributed by atoms with Crippen LogP contribution in [0.1, 0.15) is 11.1 Å². The minimum absolute atomic E-state index is 0.186. The van der Waals surface area contributed by atoms with E-state index >= 15 is 0 Å².